The minimum Gasteiger partial charge on any atom is -0.327 e. The SMILES string of the molecule is Cl.NC1CCCN(S(=O)(=O)Cc2ccc(F)c(Cl)c2)C1. The summed E-state index contributed by atoms with van der Waals surface area (Å²) in [6, 6.07) is 3.84. The number of benzene rings is 1. The van der Waals surface area contributed by atoms with Gasteiger partial charge in [0.2, 0.25) is 10.0 Å². The number of nitrogens with zero attached hydrogens (tertiary/aromatic N) is 1. The van der Waals surface area contributed by atoms with Crippen LogP contribution in [0.3, 0.4) is 0 Å². The first-order valence-corrected chi connectivity index (χ1v) is 8.04. The summed E-state index contributed by atoms with van der Waals surface area (Å²) in [4.78, 5) is 0. The summed E-state index contributed by atoms with van der Waals surface area (Å²) in [5.74, 6) is -0.734. The van der Waals surface area contributed by atoms with Gasteiger partial charge in [-0.15, -0.1) is 12.4 Å². The van der Waals surface area contributed by atoms with E-state index in [1.54, 1.807) is 0 Å². The molecule has 8 heteroatoms. The summed E-state index contributed by atoms with van der Waals surface area (Å²) in [6.07, 6.45) is 1.61. The van der Waals surface area contributed by atoms with Gasteiger partial charge in [-0.1, -0.05) is 17.7 Å². The van der Waals surface area contributed by atoms with Crippen LogP contribution in [-0.2, 0) is 15.8 Å². The second kappa shape index (κ2) is 7.04. The van der Waals surface area contributed by atoms with Gasteiger partial charge in [-0.2, -0.15) is 0 Å². The second-order valence-corrected chi connectivity index (χ2v) is 7.14. The molecule has 1 saturated heterocycles. The Morgan fingerprint density at radius 3 is 2.75 bits per heavy atom. The molecule has 0 aliphatic carbocycles. The number of sulfonamides is 1. The van der Waals surface area contributed by atoms with Crippen LogP contribution in [0.2, 0.25) is 5.02 Å². The molecular weight excluding hydrogens is 326 g/mol. The summed E-state index contributed by atoms with van der Waals surface area (Å²) in [7, 11) is -3.43. The van der Waals surface area contributed by atoms with Gasteiger partial charge < -0.3 is 5.73 Å². The highest BCUT2D eigenvalue weighted by Gasteiger charge is 2.27. The maximum Gasteiger partial charge on any atom is 0.218 e. The Hall–Kier alpha value is -0.400. The summed E-state index contributed by atoms with van der Waals surface area (Å²) in [5.41, 5.74) is 6.26. The first-order valence-electron chi connectivity index (χ1n) is 6.06. The molecule has 0 saturated carbocycles. The third-order valence-corrected chi connectivity index (χ3v) is 5.25. The molecule has 114 valence electrons. The van der Waals surface area contributed by atoms with E-state index in [2.05, 4.69) is 0 Å². The van der Waals surface area contributed by atoms with Crippen LogP contribution in [0.25, 0.3) is 0 Å². The van der Waals surface area contributed by atoms with Crippen LogP contribution in [0.1, 0.15) is 18.4 Å². The standard InChI is InChI=1S/C12H16ClFN2O2S.ClH/c13-11-6-9(3-4-12(11)14)8-19(17,18)16-5-1-2-10(15)7-16;/h3-4,6,10H,1-2,5,7-8,15H2;1H. The summed E-state index contributed by atoms with van der Waals surface area (Å²) < 4.78 is 38.9. The van der Waals surface area contributed by atoms with Gasteiger partial charge >= 0.3 is 0 Å². The van der Waals surface area contributed by atoms with Crippen molar-refractivity contribution < 1.29 is 12.8 Å². The molecule has 1 fully saturated rings. The molecule has 1 aliphatic heterocycles. The van der Waals surface area contributed by atoms with E-state index in [9.17, 15) is 12.8 Å². The molecule has 1 heterocycles. The Balaban J connectivity index is 0.00000200. The van der Waals surface area contributed by atoms with Crippen molar-refractivity contribution in [2.24, 2.45) is 5.73 Å². The van der Waals surface area contributed by atoms with Crippen molar-refractivity contribution in [3.63, 3.8) is 0 Å². The number of halogens is 3. The third kappa shape index (κ3) is 4.30. The fourth-order valence-electron chi connectivity index (χ4n) is 2.16. The molecule has 2 N–H and O–H groups in total. The fourth-order valence-corrected chi connectivity index (χ4v) is 3.97. The van der Waals surface area contributed by atoms with Crippen molar-refractivity contribution in [3.8, 4) is 0 Å². The van der Waals surface area contributed by atoms with Crippen molar-refractivity contribution in [1.29, 1.82) is 0 Å². The average molecular weight is 343 g/mol. The number of rotatable bonds is 3. The molecule has 1 aliphatic rings. The van der Waals surface area contributed by atoms with Crippen molar-refractivity contribution in [3.05, 3.63) is 34.6 Å². The molecule has 4 nitrogen and oxygen atoms in total. The van der Waals surface area contributed by atoms with Crippen molar-refractivity contribution >= 4 is 34.0 Å². The van der Waals surface area contributed by atoms with E-state index >= 15 is 0 Å². The van der Waals surface area contributed by atoms with Crippen LogP contribution in [0.15, 0.2) is 18.2 Å². The normalized spacial score (nSPS) is 20.4. The van der Waals surface area contributed by atoms with E-state index in [0.29, 0.717) is 18.7 Å². The highest BCUT2D eigenvalue weighted by Crippen LogP contribution is 2.20. The van der Waals surface area contributed by atoms with E-state index in [4.69, 9.17) is 17.3 Å². The first-order chi connectivity index (χ1) is 8.88. The predicted molar refractivity (Wildman–Crippen MR) is 80.1 cm³/mol. The molecule has 20 heavy (non-hydrogen) atoms. The summed E-state index contributed by atoms with van der Waals surface area (Å²) >= 11 is 5.65. The maximum absolute atomic E-state index is 13.0. The van der Waals surface area contributed by atoms with Crippen LogP contribution >= 0.6 is 24.0 Å². The molecule has 1 aromatic rings. The van der Waals surface area contributed by atoms with Gasteiger partial charge in [0.15, 0.2) is 0 Å². The van der Waals surface area contributed by atoms with Crippen LogP contribution in [-0.4, -0.2) is 31.9 Å². The maximum atomic E-state index is 13.0. The molecule has 0 bridgehead atoms. The molecule has 0 amide bonds. The molecule has 1 aromatic carbocycles. The zero-order valence-electron chi connectivity index (χ0n) is 10.8. The van der Waals surface area contributed by atoms with Gasteiger partial charge in [0, 0.05) is 19.1 Å². The minimum atomic E-state index is -3.43. The van der Waals surface area contributed by atoms with Gasteiger partial charge in [0.05, 0.1) is 10.8 Å². The molecular formula is C12H17Cl2FN2O2S. The van der Waals surface area contributed by atoms with Gasteiger partial charge in [0.1, 0.15) is 5.82 Å². The van der Waals surface area contributed by atoms with E-state index < -0.39 is 15.8 Å². The van der Waals surface area contributed by atoms with Gasteiger partial charge in [0.25, 0.3) is 0 Å². The number of nitrogens with two attached hydrogens (primary N) is 1. The minimum absolute atomic E-state index is 0. The molecule has 0 radical (unpaired) electrons. The smallest absolute Gasteiger partial charge is 0.218 e. The highest BCUT2D eigenvalue weighted by molar-refractivity contribution is 7.88. The van der Waals surface area contributed by atoms with Crippen LogP contribution < -0.4 is 5.73 Å². The summed E-state index contributed by atoms with van der Waals surface area (Å²) in [5, 5.41) is -0.0666. The van der Waals surface area contributed by atoms with Gasteiger partial charge in [-0.25, -0.2) is 17.1 Å². The Labute approximate surface area is 129 Å². The van der Waals surface area contributed by atoms with E-state index in [-0.39, 0.29) is 29.2 Å². The zero-order valence-corrected chi connectivity index (χ0v) is 13.1. The van der Waals surface area contributed by atoms with Gasteiger partial charge in [-0.05, 0) is 30.5 Å². The van der Waals surface area contributed by atoms with Crippen molar-refractivity contribution in [2.75, 3.05) is 13.1 Å². The van der Waals surface area contributed by atoms with Crippen LogP contribution in [0, 0.1) is 5.82 Å². The topological polar surface area (TPSA) is 63.4 Å². The number of hydrogen-bond acceptors (Lipinski definition) is 3. The lowest BCUT2D eigenvalue weighted by Crippen LogP contribution is -2.46. The third-order valence-electron chi connectivity index (χ3n) is 3.15. The Morgan fingerprint density at radius 1 is 1.45 bits per heavy atom. The molecule has 1 atom stereocenters. The first kappa shape index (κ1) is 17.7. The van der Waals surface area contributed by atoms with E-state index in [1.165, 1.54) is 22.5 Å². The zero-order chi connectivity index (χ0) is 14.0. The molecule has 0 aromatic heterocycles. The van der Waals surface area contributed by atoms with Crippen LogP contribution in [0.5, 0.6) is 0 Å². The van der Waals surface area contributed by atoms with Gasteiger partial charge in [-0.3, -0.25) is 0 Å². The quantitative estimate of drug-likeness (QED) is 0.915. The monoisotopic (exact) mass is 342 g/mol. The lowest BCUT2D eigenvalue weighted by molar-refractivity contribution is 0.316. The molecule has 1 unspecified atom stereocenters. The average Bonchev–Trinajstić information content (AvgIpc) is 2.33. The van der Waals surface area contributed by atoms with E-state index in [1.807, 2.05) is 0 Å². The predicted octanol–water partition coefficient (Wildman–Crippen LogP) is 2.15. The van der Waals surface area contributed by atoms with E-state index in [0.717, 1.165) is 12.8 Å². The Kier molecular flexibility index (Phi) is 6.22. The highest BCUT2D eigenvalue weighted by atomic mass is 35.5. The Bertz CT molecular complexity index is 569. The fraction of sp³-hybridized carbons (Fsp3) is 0.500. The van der Waals surface area contributed by atoms with Crippen LogP contribution in [0.4, 0.5) is 4.39 Å². The second-order valence-electron chi connectivity index (χ2n) is 4.77. The van der Waals surface area contributed by atoms with Crippen molar-refractivity contribution in [2.45, 2.75) is 24.6 Å². The lowest BCUT2D eigenvalue weighted by atomic mass is 10.1. The Morgan fingerprint density at radius 2 is 2.15 bits per heavy atom. The molecule has 0 spiro atoms. The van der Waals surface area contributed by atoms with Crippen molar-refractivity contribution in [1.82, 2.24) is 4.31 Å². The number of hydrogen-bond donors (Lipinski definition) is 1. The summed E-state index contributed by atoms with van der Waals surface area (Å²) in [6.45, 7) is 0.836. The largest absolute Gasteiger partial charge is 0.327 e. The molecule has 2 rings (SSSR count). The number of piperidine rings is 1. The lowest BCUT2D eigenvalue weighted by Gasteiger charge is -2.29.